The largest absolute Gasteiger partial charge is 0.465 e. The van der Waals surface area contributed by atoms with Crippen LogP contribution in [0.1, 0.15) is 49.3 Å². The number of rotatable bonds is 7. The average Bonchev–Trinajstić information content (AvgIpc) is 3.21. The predicted octanol–water partition coefficient (Wildman–Crippen LogP) is 5.05. The van der Waals surface area contributed by atoms with Gasteiger partial charge >= 0.3 is 6.09 Å². The summed E-state index contributed by atoms with van der Waals surface area (Å²) in [7, 11) is 0. The van der Waals surface area contributed by atoms with E-state index in [1.807, 2.05) is 92.7 Å². The van der Waals surface area contributed by atoms with Crippen molar-refractivity contribution < 1.29 is 19.5 Å². The number of benzene rings is 3. The molecule has 2 heterocycles. The quantitative estimate of drug-likeness (QED) is 0.402. The standard InChI is InChI=1S/C31H32N4O4/c1-19(2)16-26(34-31(38)39)30(37)35-18-21(22-12-7-9-15-27(22)35)17-25-29(36)33-24-14-8-6-13-23(24)28(32-25)20-10-4-3-5-11-20/h3-15,19,21,25-26,34H,16-18H2,1-2H3,(H,33,36)(H,38,39). The van der Waals surface area contributed by atoms with Crippen LogP contribution in [0, 0.1) is 5.92 Å². The number of nitrogens with zero attached hydrogens (tertiary/aromatic N) is 2. The Labute approximate surface area is 227 Å². The molecule has 3 unspecified atom stereocenters. The first kappa shape index (κ1) is 26.2. The number of para-hydroxylation sites is 2. The van der Waals surface area contributed by atoms with Gasteiger partial charge in [-0.1, -0.05) is 80.6 Å². The SMILES string of the molecule is CC(C)CC(NC(=O)O)C(=O)N1CC(CC2N=C(c3ccccc3)c3ccccc3NC2=O)c2ccccc21. The lowest BCUT2D eigenvalue weighted by atomic mass is 9.93. The summed E-state index contributed by atoms with van der Waals surface area (Å²) >= 11 is 0. The second-order valence-corrected chi connectivity index (χ2v) is 10.5. The lowest BCUT2D eigenvalue weighted by molar-refractivity contribution is -0.120. The molecule has 3 N–H and O–H groups in total. The molecular formula is C31H32N4O4. The summed E-state index contributed by atoms with van der Waals surface area (Å²) in [6.07, 6.45) is -0.434. The summed E-state index contributed by atoms with van der Waals surface area (Å²) in [5.41, 5.74) is 4.95. The van der Waals surface area contributed by atoms with Gasteiger partial charge in [0.15, 0.2) is 0 Å². The Hall–Kier alpha value is -4.46. The zero-order chi connectivity index (χ0) is 27.5. The second kappa shape index (κ2) is 11.1. The van der Waals surface area contributed by atoms with Crippen molar-refractivity contribution in [2.45, 2.75) is 44.7 Å². The highest BCUT2D eigenvalue weighted by Gasteiger charge is 2.38. The van der Waals surface area contributed by atoms with Crippen molar-refractivity contribution >= 4 is 35.0 Å². The van der Waals surface area contributed by atoms with Gasteiger partial charge in [0.05, 0.1) is 11.4 Å². The highest BCUT2D eigenvalue weighted by atomic mass is 16.4. The Kier molecular flexibility index (Phi) is 7.45. The molecule has 0 radical (unpaired) electrons. The molecule has 8 heteroatoms. The fraction of sp³-hybridized carbons (Fsp3) is 0.290. The molecule has 0 saturated heterocycles. The third-order valence-corrected chi connectivity index (χ3v) is 7.22. The number of hydrogen-bond donors (Lipinski definition) is 3. The molecule has 2 aliphatic heterocycles. The van der Waals surface area contributed by atoms with Crippen molar-refractivity contribution in [3.05, 3.63) is 95.6 Å². The number of fused-ring (bicyclic) bond motifs is 2. The van der Waals surface area contributed by atoms with Crippen LogP contribution in [0.5, 0.6) is 0 Å². The summed E-state index contributed by atoms with van der Waals surface area (Å²) in [6.45, 7) is 4.26. The van der Waals surface area contributed by atoms with Gasteiger partial charge in [0.2, 0.25) is 11.8 Å². The molecule has 0 fully saturated rings. The fourth-order valence-electron chi connectivity index (χ4n) is 5.49. The first-order chi connectivity index (χ1) is 18.8. The minimum Gasteiger partial charge on any atom is -0.465 e. The maximum atomic E-state index is 13.6. The van der Waals surface area contributed by atoms with Gasteiger partial charge in [0.1, 0.15) is 12.1 Å². The predicted molar refractivity (Wildman–Crippen MR) is 151 cm³/mol. The van der Waals surface area contributed by atoms with Crippen LogP contribution in [0.15, 0.2) is 83.9 Å². The molecule has 0 spiro atoms. The van der Waals surface area contributed by atoms with Gasteiger partial charge in [-0.2, -0.15) is 0 Å². The van der Waals surface area contributed by atoms with Gasteiger partial charge in [-0.25, -0.2) is 4.79 Å². The number of hydrogen-bond acceptors (Lipinski definition) is 4. The summed E-state index contributed by atoms with van der Waals surface area (Å²) in [5.74, 6) is -0.498. The smallest absolute Gasteiger partial charge is 0.405 e. The molecule has 39 heavy (non-hydrogen) atoms. The van der Waals surface area contributed by atoms with E-state index < -0.39 is 18.2 Å². The number of anilines is 2. The van der Waals surface area contributed by atoms with Crippen molar-refractivity contribution in [2.24, 2.45) is 10.9 Å². The molecule has 0 aromatic heterocycles. The van der Waals surface area contributed by atoms with Crippen molar-refractivity contribution in [2.75, 3.05) is 16.8 Å². The molecule has 3 atom stereocenters. The number of carbonyl (C=O) groups is 3. The van der Waals surface area contributed by atoms with Crippen molar-refractivity contribution in [3.63, 3.8) is 0 Å². The lowest BCUT2D eigenvalue weighted by Crippen LogP contribution is -2.48. The molecule has 3 aromatic rings. The fourth-order valence-corrected chi connectivity index (χ4v) is 5.49. The normalized spacial score (nSPS) is 18.9. The molecule has 3 aromatic carbocycles. The number of benzodiazepines with no additional fused rings is 1. The molecule has 0 aliphatic carbocycles. The van der Waals surface area contributed by atoms with E-state index in [0.717, 1.165) is 28.1 Å². The second-order valence-electron chi connectivity index (χ2n) is 10.5. The zero-order valence-corrected chi connectivity index (χ0v) is 22.0. The van der Waals surface area contributed by atoms with Crippen LogP contribution < -0.4 is 15.5 Å². The van der Waals surface area contributed by atoms with E-state index in [-0.39, 0.29) is 23.7 Å². The van der Waals surface area contributed by atoms with E-state index >= 15 is 0 Å². The number of amides is 3. The van der Waals surface area contributed by atoms with Gasteiger partial charge in [-0.15, -0.1) is 0 Å². The van der Waals surface area contributed by atoms with E-state index in [4.69, 9.17) is 4.99 Å². The van der Waals surface area contributed by atoms with E-state index in [1.165, 1.54) is 0 Å². The van der Waals surface area contributed by atoms with Gasteiger partial charge in [-0.05, 0) is 36.5 Å². The Balaban J connectivity index is 1.47. The molecule has 8 nitrogen and oxygen atoms in total. The molecule has 5 rings (SSSR count). The van der Waals surface area contributed by atoms with Crippen molar-refractivity contribution in [3.8, 4) is 0 Å². The number of aliphatic imine (C=N–C) groups is 1. The molecule has 2 aliphatic rings. The summed E-state index contributed by atoms with van der Waals surface area (Å²) in [6, 6.07) is 23.6. The first-order valence-corrected chi connectivity index (χ1v) is 13.2. The molecular weight excluding hydrogens is 492 g/mol. The van der Waals surface area contributed by atoms with Crippen molar-refractivity contribution in [1.29, 1.82) is 0 Å². The molecule has 3 amide bonds. The third-order valence-electron chi connectivity index (χ3n) is 7.22. The van der Waals surface area contributed by atoms with E-state index in [9.17, 15) is 19.5 Å². The van der Waals surface area contributed by atoms with Crippen LogP contribution >= 0.6 is 0 Å². The topological polar surface area (TPSA) is 111 Å². The molecule has 0 saturated carbocycles. The molecule has 200 valence electrons. The zero-order valence-electron chi connectivity index (χ0n) is 22.0. The summed E-state index contributed by atoms with van der Waals surface area (Å²) < 4.78 is 0. The van der Waals surface area contributed by atoms with Crippen LogP contribution in [-0.4, -0.2) is 47.4 Å². The average molecular weight is 525 g/mol. The summed E-state index contributed by atoms with van der Waals surface area (Å²) in [5, 5.41) is 14.8. The van der Waals surface area contributed by atoms with Gasteiger partial charge in [-0.3, -0.25) is 14.6 Å². The first-order valence-electron chi connectivity index (χ1n) is 13.2. The van der Waals surface area contributed by atoms with Crippen LogP contribution in [-0.2, 0) is 9.59 Å². The van der Waals surface area contributed by atoms with Crippen LogP contribution in [0.25, 0.3) is 0 Å². The number of carbonyl (C=O) groups excluding carboxylic acids is 2. The van der Waals surface area contributed by atoms with E-state index in [0.29, 0.717) is 25.1 Å². The van der Waals surface area contributed by atoms with Crippen LogP contribution in [0.2, 0.25) is 0 Å². The third kappa shape index (κ3) is 5.55. The van der Waals surface area contributed by atoms with Crippen LogP contribution in [0.4, 0.5) is 16.2 Å². The minimum atomic E-state index is -1.23. The maximum Gasteiger partial charge on any atom is 0.405 e. The number of carboxylic acid groups (broad SMARTS) is 1. The highest BCUT2D eigenvalue weighted by molar-refractivity contribution is 6.19. The Bertz CT molecular complexity index is 1420. The van der Waals surface area contributed by atoms with Gasteiger partial charge < -0.3 is 20.6 Å². The monoisotopic (exact) mass is 524 g/mol. The van der Waals surface area contributed by atoms with Gasteiger partial charge in [0.25, 0.3) is 0 Å². The maximum absolute atomic E-state index is 13.6. The minimum absolute atomic E-state index is 0.126. The van der Waals surface area contributed by atoms with Crippen LogP contribution in [0.3, 0.4) is 0 Å². The Morgan fingerprint density at radius 3 is 2.46 bits per heavy atom. The molecule has 0 bridgehead atoms. The Morgan fingerprint density at radius 2 is 1.72 bits per heavy atom. The highest BCUT2D eigenvalue weighted by Crippen LogP contribution is 2.40. The Morgan fingerprint density at radius 1 is 1.03 bits per heavy atom. The van der Waals surface area contributed by atoms with Gasteiger partial charge in [0, 0.05) is 29.3 Å². The van der Waals surface area contributed by atoms with E-state index in [2.05, 4.69) is 10.6 Å². The summed E-state index contributed by atoms with van der Waals surface area (Å²) in [4.78, 5) is 45.2. The van der Waals surface area contributed by atoms with E-state index in [1.54, 1.807) is 4.90 Å². The van der Waals surface area contributed by atoms with Crippen molar-refractivity contribution in [1.82, 2.24) is 5.32 Å². The number of nitrogens with one attached hydrogen (secondary N) is 2. The lowest BCUT2D eigenvalue weighted by Gasteiger charge is -2.25.